The predicted molar refractivity (Wildman–Crippen MR) is 77.2 cm³/mol. The lowest BCUT2D eigenvalue weighted by atomic mass is 10.0. The van der Waals surface area contributed by atoms with Gasteiger partial charge in [0.25, 0.3) is 0 Å². The Morgan fingerprint density at radius 3 is 2.81 bits per heavy atom. The number of nitrogens with one attached hydrogen (secondary N) is 1. The Balaban J connectivity index is 1.80. The SMILES string of the molecule is O=S1(=O)CCC(NCC2CCCC2O)c2cc(F)ccc21. The van der Waals surface area contributed by atoms with E-state index in [1.54, 1.807) is 0 Å². The largest absolute Gasteiger partial charge is 0.393 e. The number of benzene rings is 1. The molecule has 0 bridgehead atoms. The van der Waals surface area contributed by atoms with Crippen LogP contribution in [0.25, 0.3) is 0 Å². The Morgan fingerprint density at radius 2 is 2.10 bits per heavy atom. The van der Waals surface area contributed by atoms with Crippen LogP contribution in [0.15, 0.2) is 23.1 Å². The van der Waals surface area contributed by atoms with Crippen LogP contribution in [-0.4, -0.2) is 31.9 Å². The summed E-state index contributed by atoms with van der Waals surface area (Å²) >= 11 is 0. The Kier molecular flexibility index (Phi) is 4.03. The van der Waals surface area contributed by atoms with Crippen LogP contribution in [0.4, 0.5) is 4.39 Å². The fraction of sp³-hybridized carbons (Fsp3) is 0.600. The van der Waals surface area contributed by atoms with Crippen LogP contribution >= 0.6 is 0 Å². The van der Waals surface area contributed by atoms with Crippen LogP contribution in [0.1, 0.15) is 37.3 Å². The zero-order valence-electron chi connectivity index (χ0n) is 11.8. The van der Waals surface area contributed by atoms with Gasteiger partial charge >= 0.3 is 0 Å². The van der Waals surface area contributed by atoms with E-state index < -0.39 is 15.7 Å². The van der Waals surface area contributed by atoms with Crippen molar-refractivity contribution in [3.05, 3.63) is 29.6 Å². The van der Waals surface area contributed by atoms with Crippen LogP contribution in [0.5, 0.6) is 0 Å². The maximum Gasteiger partial charge on any atom is 0.178 e. The summed E-state index contributed by atoms with van der Waals surface area (Å²) in [6, 6.07) is 3.71. The van der Waals surface area contributed by atoms with Crippen LogP contribution in [0, 0.1) is 11.7 Å². The molecule has 4 nitrogen and oxygen atoms in total. The second-order valence-electron chi connectivity index (χ2n) is 6.01. The molecule has 3 rings (SSSR count). The molecule has 0 saturated heterocycles. The molecule has 1 fully saturated rings. The van der Waals surface area contributed by atoms with Crippen LogP contribution in [0.2, 0.25) is 0 Å². The highest BCUT2D eigenvalue weighted by Gasteiger charge is 2.32. The first kappa shape index (κ1) is 14.9. The number of fused-ring (bicyclic) bond motifs is 1. The van der Waals surface area contributed by atoms with Gasteiger partial charge in [-0.1, -0.05) is 6.42 Å². The summed E-state index contributed by atoms with van der Waals surface area (Å²) in [5.41, 5.74) is 0.522. The highest BCUT2D eigenvalue weighted by atomic mass is 32.2. The number of rotatable bonds is 3. The maximum absolute atomic E-state index is 13.5. The van der Waals surface area contributed by atoms with E-state index in [0.717, 1.165) is 19.3 Å². The molecule has 1 saturated carbocycles. The number of aliphatic hydroxyl groups excluding tert-OH is 1. The van der Waals surface area contributed by atoms with E-state index >= 15 is 0 Å². The van der Waals surface area contributed by atoms with Gasteiger partial charge in [-0.25, -0.2) is 12.8 Å². The van der Waals surface area contributed by atoms with E-state index in [2.05, 4.69) is 5.32 Å². The smallest absolute Gasteiger partial charge is 0.178 e. The van der Waals surface area contributed by atoms with Crippen LogP contribution in [-0.2, 0) is 9.84 Å². The summed E-state index contributed by atoms with van der Waals surface area (Å²) in [5.74, 6) is -0.129. The molecule has 1 aliphatic carbocycles. The van der Waals surface area contributed by atoms with Crippen molar-refractivity contribution in [2.45, 2.75) is 42.7 Å². The Labute approximate surface area is 124 Å². The molecule has 1 aromatic carbocycles. The number of aliphatic hydroxyl groups is 1. The molecular formula is C15H20FNO3S. The number of halogens is 1. The van der Waals surface area contributed by atoms with E-state index in [0.29, 0.717) is 18.5 Å². The fourth-order valence-corrected chi connectivity index (χ4v) is 4.98. The second kappa shape index (κ2) is 5.66. The average Bonchev–Trinajstić information content (AvgIpc) is 2.83. The molecule has 0 radical (unpaired) electrons. The summed E-state index contributed by atoms with van der Waals surface area (Å²) in [6.07, 6.45) is 3.00. The summed E-state index contributed by atoms with van der Waals surface area (Å²) in [4.78, 5) is 0.236. The van der Waals surface area contributed by atoms with Crippen molar-refractivity contribution < 1.29 is 17.9 Å². The molecule has 0 amide bonds. The monoisotopic (exact) mass is 313 g/mol. The van der Waals surface area contributed by atoms with Crippen molar-refractivity contribution in [1.82, 2.24) is 5.32 Å². The lowest BCUT2D eigenvalue weighted by molar-refractivity contribution is 0.129. The molecule has 0 spiro atoms. The lowest BCUT2D eigenvalue weighted by Gasteiger charge is -2.28. The zero-order valence-corrected chi connectivity index (χ0v) is 12.6. The topological polar surface area (TPSA) is 66.4 Å². The highest BCUT2D eigenvalue weighted by Crippen LogP contribution is 2.33. The van der Waals surface area contributed by atoms with Crippen molar-refractivity contribution in [3.63, 3.8) is 0 Å². The summed E-state index contributed by atoms with van der Waals surface area (Å²) in [7, 11) is -3.30. The van der Waals surface area contributed by atoms with Crippen LogP contribution in [0.3, 0.4) is 0 Å². The number of hydrogen-bond donors (Lipinski definition) is 2. The minimum absolute atomic E-state index is 0.0799. The third-order valence-corrected chi connectivity index (χ3v) is 6.42. The van der Waals surface area contributed by atoms with Gasteiger partial charge in [0.2, 0.25) is 0 Å². The Morgan fingerprint density at radius 1 is 1.29 bits per heavy atom. The first-order valence-electron chi connectivity index (χ1n) is 7.41. The molecule has 2 N–H and O–H groups in total. The quantitative estimate of drug-likeness (QED) is 0.835. The van der Waals surface area contributed by atoms with Gasteiger partial charge in [-0.3, -0.25) is 0 Å². The van der Waals surface area contributed by atoms with E-state index in [1.165, 1.54) is 18.2 Å². The Bertz CT molecular complexity index is 632. The van der Waals surface area contributed by atoms with Crippen molar-refractivity contribution >= 4 is 9.84 Å². The van der Waals surface area contributed by atoms with Gasteiger partial charge in [0, 0.05) is 12.6 Å². The van der Waals surface area contributed by atoms with Gasteiger partial charge in [-0.2, -0.15) is 0 Å². The van der Waals surface area contributed by atoms with Gasteiger partial charge in [0.05, 0.1) is 16.8 Å². The molecule has 1 heterocycles. The third kappa shape index (κ3) is 2.98. The van der Waals surface area contributed by atoms with E-state index in [1.807, 2.05) is 0 Å². The first-order valence-corrected chi connectivity index (χ1v) is 9.06. The second-order valence-corrected chi connectivity index (χ2v) is 8.09. The van der Waals surface area contributed by atoms with Gasteiger partial charge in [0.1, 0.15) is 5.82 Å². The molecule has 116 valence electrons. The van der Waals surface area contributed by atoms with Crippen molar-refractivity contribution in [1.29, 1.82) is 0 Å². The van der Waals surface area contributed by atoms with E-state index in [-0.39, 0.29) is 28.7 Å². The zero-order chi connectivity index (χ0) is 15.0. The summed E-state index contributed by atoms with van der Waals surface area (Å²) in [6.45, 7) is 0.641. The average molecular weight is 313 g/mol. The van der Waals surface area contributed by atoms with Gasteiger partial charge in [-0.15, -0.1) is 0 Å². The van der Waals surface area contributed by atoms with Crippen LogP contribution < -0.4 is 5.32 Å². The minimum atomic E-state index is -3.30. The van der Waals surface area contributed by atoms with Gasteiger partial charge in [0.15, 0.2) is 9.84 Å². The molecule has 0 aromatic heterocycles. The molecule has 3 unspecified atom stereocenters. The van der Waals surface area contributed by atoms with Crippen molar-refractivity contribution in [3.8, 4) is 0 Å². The van der Waals surface area contributed by atoms with Crippen molar-refractivity contribution in [2.24, 2.45) is 5.92 Å². The van der Waals surface area contributed by atoms with Gasteiger partial charge in [-0.05, 0) is 48.9 Å². The molecule has 1 aromatic rings. The maximum atomic E-state index is 13.5. The van der Waals surface area contributed by atoms with E-state index in [4.69, 9.17) is 0 Å². The molecule has 1 aliphatic heterocycles. The standard InChI is InChI=1S/C15H20FNO3S/c16-11-4-5-15-12(8-11)13(6-7-21(15,19)20)17-9-10-2-1-3-14(10)18/h4-5,8,10,13-14,17-18H,1-3,6-7,9H2. The molecule has 3 atom stereocenters. The van der Waals surface area contributed by atoms with E-state index in [9.17, 15) is 17.9 Å². The molecule has 2 aliphatic rings. The first-order chi connectivity index (χ1) is 9.97. The molecular weight excluding hydrogens is 293 g/mol. The predicted octanol–water partition coefficient (Wildman–Crippen LogP) is 1.79. The number of sulfone groups is 1. The lowest BCUT2D eigenvalue weighted by Crippen LogP contribution is -2.34. The number of hydrogen-bond acceptors (Lipinski definition) is 4. The van der Waals surface area contributed by atoms with Gasteiger partial charge < -0.3 is 10.4 Å². The summed E-state index contributed by atoms with van der Waals surface area (Å²) in [5, 5.41) is 13.2. The summed E-state index contributed by atoms with van der Waals surface area (Å²) < 4.78 is 37.6. The molecule has 6 heteroatoms. The fourth-order valence-electron chi connectivity index (χ4n) is 3.37. The third-order valence-electron chi connectivity index (χ3n) is 4.60. The highest BCUT2D eigenvalue weighted by molar-refractivity contribution is 7.91. The minimum Gasteiger partial charge on any atom is -0.393 e. The normalized spacial score (nSPS) is 31.0. The Hall–Kier alpha value is -0.980. The van der Waals surface area contributed by atoms with Crippen molar-refractivity contribution in [2.75, 3.05) is 12.3 Å². The molecule has 21 heavy (non-hydrogen) atoms.